The van der Waals surface area contributed by atoms with Gasteiger partial charge < -0.3 is 5.32 Å². The third-order valence-corrected chi connectivity index (χ3v) is 4.33. The summed E-state index contributed by atoms with van der Waals surface area (Å²) in [7, 11) is 0. The van der Waals surface area contributed by atoms with Crippen molar-refractivity contribution in [3.8, 4) is 0 Å². The Kier molecular flexibility index (Phi) is 5.76. The normalized spacial score (nSPS) is 12.4. The van der Waals surface area contributed by atoms with Crippen molar-refractivity contribution in [2.24, 2.45) is 0 Å². The first-order chi connectivity index (χ1) is 10.1. The molecule has 112 valence electrons. The lowest BCUT2D eigenvalue weighted by Crippen LogP contribution is -2.23. The van der Waals surface area contributed by atoms with Gasteiger partial charge in [-0.15, -0.1) is 11.8 Å². The van der Waals surface area contributed by atoms with Crippen molar-refractivity contribution in [1.29, 1.82) is 0 Å². The lowest BCUT2D eigenvalue weighted by Gasteiger charge is -2.18. The van der Waals surface area contributed by atoms with E-state index in [4.69, 9.17) is 0 Å². The highest BCUT2D eigenvalue weighted by molar-refractivity contribution is 7.99. The molecule has 0 amide bonds. The van der Waals surface area contributed by atoms with E-state index in [1.165, 1.54) is 18.2 Å². The number of halogens is 2. The minimum atomic E-state index is -0.224. The van der Waals surface area contributed by atoms with Gasteiger partial charge in [-0.3, -0.25) is 0 Å². The average molecular weight is 307 g/mol. The monoisotopic (exact) mass is 307 g/mol. The Morgan fingerprint density at radius 1 is 1.14 bits per heavy atom. The molecule has 2 aromatic rings. The van der Waals surface area contributed by atoms with Crippen molar-refractivity contribution in [2.45, 2.75) is 24.8 Å². The Hall–Kier alpha value is -1.39. The molecule has 0 fully saturated rings. The third-order valence-electron chi connectivity index (χ3n) is 3.25. The summed E-state index contributed by atoms with van der Waals surface area (Å²) in [4.78, 5) is 0.900. The van der Waals surface area contributed by atoms with Crippen molar-refractivity contribution >= 4 is 11.8 Å². The van der Waals surface area contributed by atoms with Crippen LogP contribution in [-0.2, 0) is 0 Å². The van der Waals surface area contributed by atoms with Crippen LogP contribution in [0.3, 0.4) is 0 Å². The fourth-order valence-electron chi connectivity index (χ4n) is 2.14. The van der Waals surface area contributed by atoms with Gasteiger partial charge in [-0.2, -0.15) is 0 Å². The minimum absolute atomic E-state index is 0.113. The van der Waals surface area contributed by atoms with Crippen LogP contribution >= 0.6 is 11.8 Å². The molecule has 0 saturated heterocycles. The van der Waals surface area contributed by atoms with E-state index in [-0.39, 0.29) is 17.7 Å². The number of thioether (sulfide) groups is 1. The number of rotatable bonds is 6. The molecule has 0 saturated carbocycles. The van der Waals surface area contributed by atoms with Gasteiger partial charge >= 0.3 is 0 Å². The van der Waals surface area contributed by atoms with Crippen LogP contribution in [0.15, 0.2) is 47.4 Å². The van der Waals surface area contributed by atoms with Crippen molar-refractivity contribution in [2.75, 3.05) is 12.3 Å². The smallest absolute Gasteiger partial charge is 0.126 e. The summed E-state index contributed by atoms with van der Waals surface area (Å²) in [6.45, 7) is 4.63. The second-order valence-electron chi connectivity index (χ2n) is 4.89. The van der Waals surface area contributed by atoms with E-state index in [1.807, 2.05) is 25.1 Å². The largest absolute Gasteiger partial charge is 0.309 e. The second-order valence-corrected chi connectivity index (χ2v) is 5.98. The molecule has 0 heterocycles. The average Bonchev–Trinajstić information content (AvgIpc) is 2.46. The van der Waals surface area contributed by atoms with Crippen LogP contribution in [0.5, 0.6) is 0 Å². The molecular formula is C17H19F2NS. The summed E-state index contributed by atoms with van der Waals surface area (Å²) >= 11 is 1.59. The summed E-state index contributed by atoms with van der Waals surface area (Å²) in [6.07, 6.45) is 0. The van der Waals surface area contributed by atoms with Gasteiger partial charge in [-0.1, -0.05) is 25.1 Å². The van der Waals surface area contributed by atoms with Gasteiger partial charge in [0.2, 0.25) is 0 Å². The molecule has 0 bridgehead atoms. The molecule has 0 aromatic heterocycles. The van der Waals surface area contributed by atoms with E-state index in [0.717, 1.165) is 22.8 Å². The molecule has 2 rings (SSSR count). The molecule has 0 spiro atoms. The summed E-state index contributed by atoms with van der Waals surface area (Å²) < 4.78 is 26.6. The van der Waals surface area contributed by atoms with E-state index >= 15 is 0 Å². The topological polar surface area (TPSA) is 12.0 Å². The van der Waals surface area contributed by atoms with Gasteiger partial charge in [0.05, 0.1) is 0 Å². The molecule has 1 N–H and O–H groups in total. The highest BCUT2D eigenvalue weighted by Crippen LogP contribution is 2.26. The van der Waals surface area contributed by atoms with E-state index in [1.54, 1.807) is 24.8 Å². The molecule has 0 aliphatic rings. The lowest BCUT2D eigenvalue weighted by atomic mass is 10.1. The van der Waals surface area contributed by atoms with Crippen molar-refractivity contribution < 1.29 is 8.78 Å². The Bertz CT molecular complexity index is 601. The summed E-state index contributed by atoms with van der Waals surface area (Å²) in [5.41, 5.74) is 1.70. The van der Waals surface area contributed by atoms with E-state index in [0.29, 0.717) is 5.56 Å². The SMILES string of the molecule is CCNC(CSc1cccc(F)c1)c1ccc(F)c(C)c1. The summed E-state index contributed by atoms with van der Waals surface area (Å²) in [5.74, 6) is 0.354. The second kappa shape index (κ2) is 7.57. The summed E-state index contributed by atoms with van der Waals surface area (Å²) in [5, 5.41) is 3.39. The lowest BCUT2D eigenvalue weighted by molar-refractivity contribution is 0.594. The number of nitrogens with one attached hydrogen (secondary N) is 1. The van der Waals surface area contributed by atoms with Gasteiger partial charge in [-0.25, -0.2) is 8.78 Å². The highest BCUT2D eigenvalue weighted by Gasteiger charge is 2.12. The molecule has 1 nitrogen and oxygen atoms in total. The van der Waals surface area contributed by atoms with Crippen molar-refractivity contribution in [1.82, 2.24) is 5.32 Å². The molecule has 21 heavy (non-hydrogen) atoms. The molecule has 0 radical (unpaired) electrons. The van der Waals surface area contributed by atoms with Crippen LogP contribution in [0.2, 0.25) is 0 Å². The molecule has 0 aliphatic heterocycles. The molecule has 2 aromatic carbocycles. The van der Waals surface area contributed by atoms with Crippen LogP contribution in [0, 0.1) is 18.6 Å². The van der Waals surface area contributed by atoms with Crippen LogP contribution in [0.25, 0.3) is 0 Å². The van der Waals surface area contributed by atoms with Crippen molar-refractivity contribution in [3.05, 3.63) is 65.2 Å². The van der Waals surface area contributed by atoms with E-state index < -0.39 is 0 Å². The van der Waals surface area contributed by atoms with Gasteiger partial charge in [0.15, 0.2) is 0 Å². The van der Waals surface area contributed by atoms with Crippen LogP contribution in [0.4, 0.5) is 8.78 Å². The first-order valence-electron chi connectivity index (χ1n) is 6.98. The Morgan fingerprint density at radius 3 is 2.62 bits per heavy atom. The van der Waals surface area contributed by atoms with Gasteiger partial charge in [-0.05, 0) is 48.9 Å². The van der Waals surface area contributed by atoms with E-state index in [2.05, 4.69) is 5.32 Å². The van der Waals surface area contributed by atoms with Gasteiger partial charge in [0, 0.05) is 16.7 Å². The maximum absolute atomic E-state index is 13.4. The number of benzene rings is 2. The standard InChI is InChI=1S/C17H19F2NS/c1-3-20-17(13-7-8-16(19)12(2)9-13)11-21-15-6-4-5-14(18)10-15/h4-10,17,20H,3,11H2,1-2H3. The fourth-order valence-corrected chi connectivity index (χ4v) is 3.18. The Balaban J connectivity index is 2.09. The predicted octanol–water partition coefficient (Wildman–Crippen LogP) is 4.72. The van der Waals surface area contributed by atoms with Crippen LogP contribution in [0.1, 0.15) is 24.1 Å². The Labute approximate surface area is 128 Å². The van der Waals surface area contributed by atoms with E-state index in [9.17, 15) is 8.78 Å². The molecule has 1 unspecified atom stereocenters. The first-order valence-corrected chi connectivity index (χ1v) is 7.96. The van der Waals surface area contributed by atoms with Crippen LogP contribution < -0.4 is 5.32 Å². The Morgan fingerprint density at radius 2 is 1.95 bits per heavy atom. The zero-order chi connectivity index (χ0) is 15.2. The first kappa shape index (κ1) is 16.0. The quantitative estimate of drug-likeness (QED) is 0.775. The fraction of sp³-hybridized carbons (Fsp3) is 0.294. The third kappa shape index (κ3) is 4.55. The maximum atomic E-state index is 13.4. The number of hydrogen-bond acceptors (Lipinski definition) is 2. The number of aryl methyl sites for hydroxylation is 1. The molecule has 4 heteroatoms. The van der Waals surface area contributed by atoms with Gasteiger partial charge in [0.25, 0.3) is 0 Å². The molecule has 0 aliphatic carbocycles. The highest BCUT2D eigenvalue weighted by atomic mass is 32.2. The minimum Gasteiger partial charge on any atom is -0.309 e. The molecule has 1 atom stereocenters. The predicted molar refractivity (Wildman–Crippen MR) is 84.7 cm³/mol. The van der Waals surface area contributed by atoms with Crippen molar-refractivity contribution in [3.63, 3.8) is 0 Å². The van der Waals surface area contributed by atoms with Gasteiger partial charge in [0.1, 0.15) is 11.6 Å². The molecular weight excluding hydrogens is 288 g/mol. The summed E-state index contributed by atoms with van der Waals surface area (Å²) in [6, 6.07) is 11.9. The maximum Gasteiger partial charge on any atom is 0.126 e. The zero-order valence-electron chi connectivity index (χ0n) is 12.2. The number of hydrogen-bond donors (Lipinski definition) is 1. The zero-order valence-corrected chi connectivity index (χ0v) is 13.0. The van der Waals surface area contributed by atoms with Crippen LogP contribution in [-0.4, -0.2) is 12.3 Å².